The van der Waals surface area contributed by atoms with Gasteiger partial charge in [-0.25, -0.2) is 0 Å². The Bertz CT molecular complexity index is 777. The van der Waals surface area contributed by atoms with E-state index in [1.54, 1.807) is 0 Å². The highest BCUT2D eigenvalue weighted by atomic mass is 79.9. The van der Waals surface area contributed by atoms with E-state index in [1.807, 2.05) is 0 Å². The van der Waals surface area contributed by atoms with E-state index in [0.29, 0.717) is 0 Å². The predicted molar refractivity (Wildman–Crippen MR) is 96.4 cm³/mol. The van der Waals surface area contributed by atoms with Gasteiger partial charge in [0.05, 0.1) is 0 Å². The fourth-order valence-corrected chi connectivity index (χ4v) is 4.22. The molecule has 2 N–H and O–H groups in total. The van der Waals surface area contributed by atoms with Crippen LogP contribution in [0.3, 0.4) is 0 Å². The van der Waals surface area contributed by atoms with E-state index in [1.165, 1.54) is 22.2 Å². The fraction of sp³-hybridized carbons (Fsp3) is 0.421. The van der Waals surface area contributed by atoms with Gasteiger partial charge >= 0.3 is 0 Å². The maximum absolute atomic E-state index is 12.5. The average Bonchev–Trinajstić information content (AvgIpc) is 2.93. The van der Waals surface area contributed by atoms with Crippen LogP contribution in [0.5, 0.6) is 0 Å². The van der Waals surface area contributed by atoms with Crippen LogP contribution in [-0.4, -0.2) is 16.9 Å². The van der Waals surface area contributed by atoms with Gasteiger partial charge in [0.2, 0.25) is 5.91 Å². The quantitative estimate of drug-likeness (QED) is 0.759. The number of aromatic nitrogens is 1. The zero-order valence-electron chi connectivity index (χ0n) is 13.1. The first kappa shape index (κ1) is 15.0. The molecule has 23 heavy (non-hydrogen) atoms. The molecule has 1 aromatic carbocycles. The van der Waals surface area contributed by atoms with Crippen LogP contribution in [0.2, 0.25) is 0 Å². The van der Waals surface area contributed by atoms with Crippen molar-refractivity contribution >= 4 is 32.7 Å². The van der Waals surface area contributed by atoms with Gasteiger partial charge in [0.25, 0.3) is 0 Å². The molecule has 0 bridgehead atoms. The lowest BCUT2D eigenvalue weighted by molar-refractivity contribution is -0.126. The minimum atomic E-state index is 0.165. The number of aromatic amines is 1. The van der Waals surface area contributed by atoms with E-state index in [4.69, 9.17) is 0 Å². The number of hydrogen-bond donors (Lipinski definition) is 2. The van der Waals surface area contributed by atoms with Crippen LogP contribution in [0, 0.1) is 5.92 Å². The number of nitrogens with one attached hydrogen (secondary N) is 2. The Labute approximate surface area is 144 Å². The molecule has 4 heteroatoms. The summed E-state index contributed by atoms with van der Waals surface area (Å²) in [6.45, 7) is 0. The Morgan fingerprint density at radius 3 is 3.00 bits per heavy atom. The smallest absolute Gasteiger partial charge is 0.223 e. The van der Waals surface area contributed by atoms with Crippen LogP contribution < -0.4 is 5.32 Å². The molecule has 0 saturated heterocycles. The van der Waals surface area contributed by atoms with Crippen LogP contribution in [0.25, 0.3) is 10.9 Å². The van der Waals surface area contributed by atoms with Gasteiger partial charge in [-0.15, -0.1) is 0 Å². The van der Waals surface area contributed by atoms with E-state index < -0.39 is 0 Å². The zero-order chi connectivity index (χ0) is 15.8. The summed E-state index contributed by atoms with van der Waals surface area (Å²) in [4.78, 5) is 16.0. The van der Waals surface area contributed by atoms with Gasteiger partial charge in [-0.2, -0.15) is 0 Å². The van der Waals surface area contributed by atoms with Crippen molar-refractivity contribution in [3.8, 4) is 0 Å². The molecular weight excluding hydrogens is 352 g/mol. The van der Waals surface area contributed by atoms with Crippen molar-refractivity contribution in [3.63, 3.8) is 0 Å². The minimum Gasteiger partial charge on any atom is -0.358 e. The molecule has 1 aromatic heterocycles. The van der Waals surface area contributed by atoms with Gasteiger partial charge in [-0.05, 0) is 62.3 Å². The van der Waals surface area contributed by atoms with Gasteiger partial charge in [0.15, 0.2) is 0 Å². The highest BCUT2D eigenvalue weighted by molar-refractivity contribution is 9.10. The summed E-state index contributed by atoms with van der Waals surface area (Å²) in [5.74, 6) is 0.405. The molecule has 0 saturated carbocycles. The Hall–Kier alpha value is -1.55. The van der Waals surface area contributed by atoms with Crippen LogP contribution in [0.1, 0.15) is 36.9 Å². The normalized spacial score (nSPS) is 23.7. The number of hydrogen-bond acceptors (Lipinski definition) is 1. The third-order valence-corrected chi connectivity index (χ3v) is 5.63. The molecular formula is C19H21BrN2O. The number of fused-ring (bicyclic) bond motifs is 3. The first-order chi connectivity index (χ1) is 11.2. The van der Waals surface area contributed by atoms with Crippen molar-refractivity contribution in [2.24, 2.45) is 5.92 Å². The molecule has 2 atom stereocenters. The number of rotatable bonds is 2. The summed E-state index contributed by atoms with van der Waals surface area (Å²) in [6, 6.07) is 6.64. The molecule has 1 amide bonds. The zero-order valence-corrected chi connectivity index (χ0v) is 14.7. The number of amides is 1. The molecule has 0 radical (unpaired) electrons. The third kappa shape index (κ3) is 2.97. The second kappa shape index (κ2) is 6.16. The summed E-state index contributed by atoms with van der Waals surface area (Å²) < 4.78 is 1.10. The molecule has 2 aliphatic carbocycles. The number of carbonyl (C=O) groups excluding carboxylic acids is 1. The SMILES string of the molecule is O=C(N[C@@H]1CCc2[nH]c3ccc(Br)cc3c2C1)[C@H]1CC=CCC1. The Kier molecular flexibility index (Phi) is 4.02. The number of aryl methyl sites for hydroxylation is 1. The first-order valence-corrected chi connectivity index (χ1v) is 9.24. The van der Waals surface area contributed by atoms with Crippen LogP contribution in [0.15, 0.2) is 34.8 Å². The predicted octanol–water partition coefficient (Wildman–Crippen LogP) is 4.26. The maximum atomic E-state index is 12.5. The third-order valence-electron chi connectivity index (χ3n) is 5.14. The molecule has 2 aromatic rings. The average molecular weight is 373 g/mol. The van der Waals surface area contributed by atoms with Crippen molar-refractivity contribution in [1.82, 2.24) is 10.3 Å². The minimum absolute atomic E-state index is 0.165. The van der Waals surface area contributed by atoms with Crippen molar-refractivity contribution in [2.75, 3.05) is 0 Å². The number of carbonyl (C=O) groups is 1. The highest BCUT2D eigenvalue weighted by Crippen LogP contribution is 2.31. The summed E-state index contributed by atoms with van der Waals surface area (Å²) in [6.07, 6.45) is 10.2. The van der Waals surface area contributed by atoms with Gasteiger partial charge < -0.3 is 10.3 Å². The van der Waals surface area contributed by atoms with Crippen molar-refractivity contribution in [2.45, 2.75) is 44.6 Å². The highest BCUT2D eigenvalue weighted by Gasteiger charge is 2.26. The molecule has 3 nitrogen and oxygen atoms in total. The lowest BCUT2D eigenvalue weighted by Crippen LogP contribution is -2.42. The molecule has 0 unspecified atom stereocenters. The maximum Gasteiger partial charge on any atom is 0.223 e. The lowest BCUT2D eigenvalue weighted by atomic mass is 9.89. The van der Waals surface area contributed by atoms with E-state index in [9.17, 15) is 4.79 Å². The standard InChI is InChI=1S/C19H21BrN2O/c20-13-6-8-17-15(10-13)16-11-14(7-9-18(16)22-17)21-19(23)12-4-2-1-3-5-12/h1-2,6,8,10,12,14,22H,3-5,7,9,11H2,(H,21,23)/t12-,14+/m0/s1. The molecule has 2 aliphatic rings. The van der Waals surface area contributed by atoms with Crippen LogP contribution >= 0.6 is 15.9 Å². The summed E-state index contributed by atoms with van der Waals surface area (Å²) in [5.41, 5.74) is 3.91. The molecule has 4 rings (SSSR count). The van der Waals surface area contributed by atoms with E-state index >= 15 is 0 Å². The topological polar surface area (TPSA) is 44.9 Å². The fourth-order valence-electron chi connectivity index (χ4n) is 3.86. The number of benzene rings is 1. The van der Waals surface area contributed by atoms with Crippen LogP contribution in [0.4, 0.5) is 0 Å². The lowest BCUT2D eigenvalue weighted by Gasteiger charge is -2.26. The molecule has 0 aliphatic heterocycles. The van der Waals surface area contributed by atoms with Crippen molar-refractivity contribution < 1.29 is 4.79 Å². The van der Waals surface area contributed by atoms with Crippen LogP contribution in [-0.2, 0) is 17.6 Å². The second-order valence-electron chi connectivity index (χ2n) is 6.70. The number of allylic oxidation sites excluding steroid dienone is 2. The number of H-pyrrole nitrogens is 1. The van der Waals surface area contributed by atoms with Crippen molar-refractivity contribution in [1.29, 1.82) is 0 Å². The molecule has 120 valence electrons. The second-order valence-corrected chi connectivity index (χ2v) is 7.62. The molecule has 0 fully saturated rings. The Balaban J connectivity index is 1.51. The summed E-state index contributed by atoms with van der Waals surface area (Å²) in [5, 5.41) is 4.59. The monoisotopic (exact) mass is 372 g/mol. The summed E-state index contributed by atoms with van der Waals surface area (Å²) in [7, 11) is 0. The first-order valence-electron chi connectivity index (χ1n) is 8.45. The van der Waals surface area contributed by atoms with E-state index in [0.717, 1.165) is 43.0 Å². The Morgan fingerprint density at radius 1 is 1.26 bits per heavy atom. The van der Waals surface area contributed by atoms with E-state index in [-0.39, 0.29) is 17.9 Å². The van der Waals surface area contributed by atoms with Gasteiger partial charge in [0, 0.05) is 33.0 Å². The molecule has 1 heterocycles. The Morgan fingerprint density at radius 2 is 2.17 bits per heavy atom. The molecule has 0 spiro atoms. The van der Waals surface area contributed by atoms with Gasteiger partial charge in [0.1, 0.15) is 0 Å². The van der Waals surface area contributed by atoms with E-state index in [2.05, 4.69) is 56.6 Å². The number of halogens is 1. The summed E-state index contributed by atoms with van der Waals surface area (Å²) >= 11 is 3.56. The van der Waals surface area contributed by atoms with Gasteiger partial charge in [-0.1, -0.05) is 28.1 Å². The van der Waals surface area contributed by atoms with Gasteiger partial charge in [-0.3, -0.25) is 4.79 Å². The largest absolute Gasteiger partial charge is 0.358 e. The van der Waals surface area contributed by atoms with Crippen molar-refractivity contribution in [3.05, 3.63) is 46.1 Å².